The summed E-state index contributed by atoms with van der Waals surface area (Å²) in [5, 5.41) is 13.3. The van der Waals surface area contributed by atoms with Crippen molar-refractivity contribution >= 4 is 27.9 Å². The maximum absolute atomic E-state index is 11.9. The van der Waals surface area contributed by atoms with Crippen LogP contribution in [0.25, 0.3) is 0 Å². The van der Waals surface area contributed by atoms with Gasteiger partial charge in [0, 0.05) is 24.8 Å². The highest BCUT2D eigenvalue weighted by Gasteiger charge is 2.21. The lowest BCUT2D eigenvalue weighted by molar-refractivity contribution is 0.0960. The number of methoxy groups -OCH3 is 1. The molecule has 2 aromatic heterocycles. The van der Waals surface area contributed by atoms with Gasteiger partial charge in [-0.25, -0.2) is 0 Å². The summed E-state index contributed by atoms with van der Waals surface area (Å²) >= 11 is 1.28. The van der Waals surface area contributed by atoms with E-state index >= 15 is 0 Å². The third-order valence-corrected chi connectivity index (χ3v) is 3.80. The number of thiophene rings is 1. The van der Waals surface area contributed by atoms with Crippen LogP contribution in [-0.2, 0) is 6.54 Å². The molecule has 1 amide bonds. The largest absolute Gasteiger partial charge is 0.492 e. The molecule has 0 aliphatic rings. The number of H-pyrrole nitrogens is 1. The van der Waals surface area contributed by atoms with Crippen LogP contribution in [0.5, 0.6) is 5.75 Å². The van der Waals surface area contributed by atoms with Gasteiger partial charge < -0.3 is 21.1 Å². The smallest absolute Gasteiger partial charge is 0.263 e. The zero-order chi connectivity index (χ0) is 14.5. The first kappa shape index (κ1) is 14.2. The van der Waals surface area contributed by atoms with Gasteiger partial charge in [0.2, 0.25) is 0 Å². The maximum Gasteiger partial charge on any atom is 0.263 e. The summed E-state index contributed by atoms with van der Waals surface area (Å²) in [6.07, 6.45) is 3.52. The van der Waals surface area contributed by atoms with Crippen molar-refractivity contribution in [2.45, 2.75) is 13.5 Å². The molecule has 7 nitrogen and oxygen atoms in total. The van der Waals surface area contributed by atoms with Crippen LogP contribution in [-0.4, -0.2) is 29.8 Å². The first-order chi connectivity index (χ1) is 9.67. The lowest BCUT2D eigenvalue weighted by atomic mass is 10.3. The molecule has 0 spiro atoms. The van der Waals surface area contributed by atoms with Gasteiger partial charge >= 0.3 is 0 Å². The van der Waals surface area contributed by atoms with Crippen molar-refractivity contribution in [2.24, 2.45) is 0 Å². The number of hydrogen-bond donors (Lipinski definition) is 4. The Hall–Kier alpha value is -2.22. The van der Waals surface area contributed by atoms with Gasteiger partial charge in [-0.2, -0.15) is 5.10 Å². The van der Waals surface area contributed by atoms with Gasteiger partial charge in [0.25, 0.3) is 5.91 Å². The molecular weight excluding hydrogens is 278 g/mol. The average Bonchev–Trinajstić information content (AvgIpc) is 3.04. The Labute approximate surface area is 120 Å². The van der Waals surface area contributed by atoms with Crippen molar-refractivity contribution in [1.82, 2.24) is 15.5 Å². The van der Waals surface area contributed by atoms with E-state index in [2.05, 4.69) is 20.8 Å². The van der Waals surface area contributed by atoms with E-state index in [4.69, 9.17) is 10.5 Å². The normalized spacial score (nSPS) is 10.3. The van der Waals surface area contributed by atoms with Crippen LogP contribution < -0.4 is 21.1 Å². The van der Waals surface area contributed by atoms with Crippen molar-refractivity contribution in [3.05, 3.63) is 22.8 Å². The third kappa shape index (κ3) is 2.85. The second-order valence-electron chi connectivity index (χ2n) is 4.03. The molecule has 2 aromatic rings. The van der Waals surface area contributed by atoms with E-state index in [1.54, 1.807) is 12.4 Å². The topological polar surface area (TPSA) is 105 Å². The van der Waals surface area contributed by atoms with Crippen molar-refractivity contribution in [2.75, 3.05) is 24.7 Å². The van der Waals surface area contributed by atoms with Gasteiger partial charge in [-0.15, -0.1) is 11.3 Å². The first-order valence-corrected chi connectivity index (χ1v) is 6.95. The van der Waals surface area contributed by atoms with E-state index in [1.165, 1.54) is 18.4 Å². The maximum atomic E-state index is 11.9. The fourth-order valence-electron chi connectivity index (χ4n) is 1.71. The molecule has 108 valence electrons. The number of anilines is 2. The molecule has 0 saturated carbocycles. The monoisotopic (exact) mass is 295 g/mol. The highest BCUT2D eigenvalue weighted by Crippen LogP contribution is 2.42. The molecule has 0 aromatic carbocycles. The molecule has 0 saturated heterocycles. The molecule has 20 heavy (non-hydrogen) atoms. The van der Waals surface area contributed by atoms with Gasteiger partial charge in [0.15, 0.2) is 5.75 Å². The van der Waals surface area contributed by atoms with Crippen molar-refractivity contribution < 1.29 is 9.53 Å². The number of carbonyl (C=O) groups is 1. The van der Waals surface area contributed by atoms with Gasteiger partial charge in [-0.05, 0) is 6.92 Å². The minimum Gasteiger partial charge on any atom is -0.492 e. The molecule has 0 atom stereocenters. The number of aromatic amines is 1. The van der Waals surface area contributed by atoms with Crippen LogP contribution in [0, 0.1) is 0 Å². The van der Waals surface area contributed by atoms with Crippen molar-refractivity contribution in [3.8, 4) is 5.75 Å². The summed E-state index contributed by atoms with van der Waals surface area (Å²) in [7, 11) is 1.53. The third-order valence-electron chi connectivity index (χ3n) is 2.66. The van der Waals surface area contributed by atoms with Gasteiger partial charge in [-0.1, -0.05) is 0 Å². The molecule has 5 N–H and O–H groups in total. The number of carbonyl (C=O) groups excluding carboxylic acids is 1. The number of hydrogen-bond acceptors (Lipinski definition) is 6. The second kappa shape index (κ2) is 6.29. The summed E-state index contributed by atoms with van der Waals surface area (Å²) in [6.45, 7) is 2.98. The Bertz CT molecular complexity index is 579. The molecule has 0 bridgehead atoms. The Balaban J connectivity index is 2.19. The van der Waals surface area contributed by atoms with Gasteiger partial charge in [0.05, 0.1) is 13.3 Å². The number of nitrogens with two attached hydrogens (primary N) is 1. The number of rotatable bonds is 6. The standard InChI is InChI=1S/C12H17N5O2S/c1-3-14-11(18)10-8(13)9(19-2)12(20-10)15-4-7-5-16-17-6-7/h5-6,15H,3-4,13H2,1-2H3,(H,14,18)(H,16,17). The van der Waals surface area contributed by atoms with Crippen LogP contribution in [0.4, 0.5) is 10.7 Å². The summed E-state index contributed by atoms with van der Waals surface area (Å²) < 4.78 is 5.27. The van der Waals surface area contributed by atoms with E-state index in [1.807, 2.05) is 6.92 Å². The molecule has 0 aliphatic heterocycles. The zero-order valence-corrected chi connectivity index (χ0v) is 12.1. The van der Waals surface area contributed by atoms with Crippen LogP contribution in [0.2, 0.25) is 0 Å². The minimum atomic E-state index is -0.190. The molecule has 2 heterocycles. The minimum absolute atomic E-state index is 0.190. The number of nitrogens with one attached hydrogen (secondary N) is 3. The predicted molar refractivity (Wildman–Crippen MR) is 79.2 cm³/mol. The lowest BCUT2D eigenvalue weighted by Crippen LogP contribution is -2.22. The summed E-state index contributed by atoms with van der Waals surface area (Å²) in [5.41, 5.74) is 7.32. The fraction of sp³-hybridized carbons (Fsp3) is 0.333. The molecule has 0 fully saturated rings. The molecule has 0 radical (unpaired) electrons. The molecule has 8 heteroatoms. The predicted octanol–water partition coefficient (Wildman–Crippen LogP) is 1.42. The van der Waals surface area contributed by atoms with E-state index in [-0.39, 0.29) is 5.91 Å². The highest BCUT2D eigenvalue weighted by molar-refractivity contribution is 7.19. The zero-order valence-electron chi connectivity index (χ0n) is 11.3. The quantitative estimate of drug-likeness (QED) is 0.645. The van der Waals surface area contributed by atoms with E-state index in [0.29, 0.717) is 29.4 Å². The van der Waals surface area contributed by atoms with Crippen LogP contribution in [0.15, 0.2) is 12.4 Å². The van der Waals surface area contributed by atoms with Crippen molar-refractivity contribution in [1.29, 1.82) is 0 Å². The van der Waals surface area contributed by atoms with E-state index < -0.39 is 0 Å². The number of ether oxygens (including phenoxy) is 1. The van der Waals surface area contributed by atoms with Gasteiger partial charge in [-0.3, -0.25) is 9.89 Å². The highest BCUT2D eigenvalue weighted by atomic mass is 32.1. The summed E-state index contributed by atoms with van der Waals surface area (Å²) in [5.74, 6) is 0.310. The fourth-order valence-corrected chi connectivity index (χ4v) is 2.72. The molecular formula is C12H17N5O2S. The number of amides is 1. The van der Waals surface area contributed by atoms with Crippen LogP contribution in [0.3, 0.4) is 0 Å². The number of nitrogen functional groups attached to an aromatic ring is 1. The Morgan fingerprint density at radius 2 is 2.40 bits per heavy atom. The SMILES string of the molecule is CCNC(=O)c1sc(NCc2cn[nH]c2)c(OC)c1N. The second-order valence-corrected chi connectivity index (χ2v) is 5.05. The van der Waals surface area contributed by atoms with Crippen LogP contribution in [0.1, 0.15) is 22.2 Å². The summed E-state index contributed by atoms with van der Waals surface area (Å²) in [6, 6.07) is 0. The average molecular weight is 295 g/mol. The Morgan fingerprint density at radius 3 is 3.00 bits per heavy atom. The van der Waals surface area contributed by atoms with Crippen molar-refractivity contribution in [3.63, 3.8) is 0 Å². The van der Waals surface area contributed by atoms with Crippen LogP contribution >= 0.6 is 11.3 Å². The Kier molecular flexibility index (Phi) is 4.46. The number of aromatic nitrogens is 2. The lowest BCUT2D eigenvalue weighted by Gasteiger charge is -2.05. The van der Waals surface area contributed by atoms with Gasteiger partial charge in [0.1, 0.15) is 15.6 Å². The molecule has 2 rings (SSSR count). The first-order valence-electron chi connectivity index (χ1n) is 6.13. The number of nitrogens with zero attached hydrogens (tertiary/aromatic N) is 1. The molecule has 0 unspecified atom stereocenters. The molecule has 0 aliphatic carbocycles. The summed E-state index contributed by atoms with van der Waals surface area (Å²) in [4.78, 5) is 12.4. The van der Waals surface area contributed by atoms with E-state index in [9.17, 15) is 4.79 Å². The Morgan fingerprint density at radius 1 is 1.60 bits per heavy atom. The van der Waals surface area contributed by atoms with E-state index in [0.717, 1.165) is 10.6 Å².